The molecule has 1 saturated heterocycles. The lowest BCUT2D eigenvalue weighted by atomic mass is 9.83. The van der Waals surface area contributed by atoms with Crippen molar-refractivity contribution in [1.82, 2.24) is 4.90 Å². The van der Waals surface area contributed by atoms with Crippen LogP contribution in [0.15, 0.2) is 12.2 Å². The molecular formula is C9H16N2. The Kier molecular flexibility index (Phi) is 1.74. The number of fused-ring (bicyclic) bond motifs is 1. The first kappa shape index (κ1) is 7.32. The molecule has 1 aliphatic carbocycles. The predicted octanol–water partition coefficient (Wildman–Crippen LogP) is 0.451. The quantitative estimate of drug-likeness (QED) is 0.511. The molecule has 0 bridgehead atoms. The van der Waals surface area contributed by atoms with Gasteiger partial charge in [0.15, 0.2) is 0 Å². The Labute approximate surface area is 68.1 Å². The second kappa shape index (κ2) is 2.61. The van der Waals surface area contributed by atoms with E-state index in [0.29, 0.717) is 6.04 Å². The molecule has 2 nitrogen and oxygen atoms in total. The average Bonchev–Trinajstić information content (AvgIpc) is 2.31. The second-order valence-electron chi connectivity index (χ2n) is 3.89. The van der Waals surface area contributed by atoms with Crippen LogP contribution < -0.4 is 5.73 Å². The van der Waals surface area contributed by atoms with E-state index >= 15 is 0 Å². The minimum Gasteiger partial charge on any atom is -0.324 e. The van der Waals surface area contributed by atoms with E-state index in [-0.39, 0.29) is 0 Å². The molecule has 3 atom stereocenters. The summed E-state index contributed by atoms with van der Waals surface area (Å²) in [6.07, 6.45) is 5.65. The third-order valence-electron chi connectivity index (χ3n) is 2.97. The Morgan fingerprint density at radius 3 is 3.00 bits per heavy atom. The third-order valence-corrected chi connectivity index (χ3v) is 2.97. The maximum absolute atomic E-state index is 5.97. The van der Waals surface area contributed by atoms with Gasteiger partial charge in [-0.2, -0.15) is 0 Å². The fourth-order valence-corrected chi connectivity index (χ4v) is 2.36. The van der Waals surface area contributed by atoms with Crippen molar-refractivity contribution in [3.05, 3.63) is 12.2 Å². The topological polar surface area (TPSA) is 29.3 Å². The predicted molar refractivity (Wildman–Crippen MR) is 46.2 cm³/mol. The van der Waals surface area contributed by atoms with Crippen molar-refractivity contribution in [3.8, 4) is 0 Å². The molecule has 2 aliphatic rings. The highest BCUT2D eigenvalue weighted by atomic mass is 15.1. The van der Waals surface area contributed by atoms with Gasteiger partial charge in [0.2, 0.25) is 0 Å². The van der Waals surface area contributed by atoms with Crippen LogP contribution >= 0.6 is 0 Å². The van der Waals surface area contributed by atoms with Crippen LogP contribution in [0.5, 0.6) is 0 Å². The van der Waals surface area contributed by atoms with E-state index in [4.69, 9.17) is 5.73 Å². The van der Waals surface area contributed by atoms with E-state index in [0.717, 1.165) is 11.8 Å². The van der Waals surface area contributed by atoms with Crippen LogP contribution in [0.3, 0.4) is 0 Å². The van der Waals surface area contributed by atoms with Crippen LogP contribution in [-0.2, 0) is 0 Å². The molecular weight excluding hydrogens is 136 g/mol. The average molecular weight is 152 g/mol. The highest BCUT2D eigenvalue weighted by Crippen LogP contribution is 2.31. The first-order valence-corrected chi connectivity index (χ1v) is 4.38. The lowest BCUT2D eigenvalue weighted by Gasteiger charge is -2.25. The summed E-state index contributed by atoms with van der Waals surface area (Å²) in [4.78, 5) is 2.39. The molecule has 0 saturated carbocycles. The molecule has 0 spiro atoms. The maximum Gasteiger partial charge on any atom is 0.0268 e. The van der Waals surface area contributed by atoms with E-state index in [1.54, 1.807) is 0 Å². The number of likely N-dealkylation sites (tertiary alicyclic amines) is 1. The molecule has 62 valence electrons. The van der Waals surface area contributed by atoms with Crippen molar-refractivity contribution in [2.75, 3.05) is 20.1 Å². The van der Waals surface area contributed by atoms with Gasteiger partial charge in [-0.3, -0.25) is 0 Å². The summed E-state index contributed by atoms with van der Waals surface area (Å²) in [6, 6.07) is 0.318. The van der Waals surface area contributed by atoms with E-state index in [1.165, 1.54) is 19.5 Å². The molecule has 2 N–H and O–H groups in total. The minimum atomic E-state index is 0.318. The monoisotopic (exact) mass is 152 g/mol. The molecule has 11 heavy (non-hydrogen) atoms. The lowest BCUT2D eigenvalue weighted by Crippen LogP contribution is -2.35. The van der Waals surface area contributed by atoms with Crippen molar-refractivity contribution in [2.45, 2.75) is 12.5 Å². The smallest absolute Gasteiger partial charge is 0.0268 e. The normalized spacial score (nSPS) is 44.4. The Morgan fingerprint density at radius 2 is 2.27 bits per heavy atom. The van der Waals surface area contributed by atoms with Crippen LogP contribution in [-0.4, -0.2) is 31.1 Å². The minimum absolute atomic E-state index is 0.318. The summed E-state index contributed by atoms with van der Waals surface area (Å²) >= 11 is 0. The molecule has 3 unspecified atom stereocenters. The van der Waals surface area contributed by atoms with E-state index in [2.05, 4.69) is 24.1 Å². The Hall–Kier alpha value is -0.340. The van der Waals surface area contributed by atoms with Gasteiger partial charge < -0.3 is 10.6 Å². The SMILES string of the molecule is CN1CC2CC=CC(N)C2C1. The molecule has 0 radical (unpaired) electrons. The zero-order valence-corrected chi connectivity index (χ0v) is 7.03. The van der Waals surface area contributed by atoms with E-state index < -0.39 is 0 Å². The summed E-state index contributed by atoms with van der Waals surface area (Å²) < 4.78 is 0. The number of rotatable bonds is 0. The highest BCUT2D eigenvalue weighted by Gasteiger charge is 2.34. The van der Waals surface area contributed by atoms with Crippen LogP contribution in [0.1, 0.15) is 6.42 Å². The molecule has 1 heterocycles. The molecule has 0 aromatic heterocycles. The van der Waals surface area contributed by atoms with Gasteiger partial charge in [-0.25, -0.2) is 0 Å². The Bertz CT molecular complexity index is 176. The third kappa shape index (κ3) is 1.21. The van der Waals surface area contributed by atoms with Gasteiger partial charge in [0.25, 0.3) is 0 Å². The van der Waals surface area contributed by atoms with Crippen molar-refractivity contribution < 1.29 is 0 Å². The van der Waals surface area contributed by atoms with Crippen LogP contribution in [0, 0.1) is 11.8 Å². The van der Waals surface area contributed by atoms with Gasteiger partial charge >= 0.3 is 0 Å². The van der Waals surface area contributed by atoms with Crippen LogP contribution in [0.25, 0.3) is 0 Å². The van der Waals surface area contributed by atoms with E-state index in [1.807, 2.05) is 0 Å². The number of hydrogen-bond acceptors (Lipinski definition) is 2. The number of nitrogens with zero attached hydrogens (tertiary/aromatic N) is 1. The first-order chi connectivity index (χ1) is 5.27. The summed E-state index contributed by atoms with van der Waals surface area (Å²) in [7, 11) is 2.19. The van der Waals surface area contributed by atoms with Gasteiger partial charge in [-0.05, 0) is 25.3 Å². The molecule has 0 aromatic rings. The molecule has 0 aromatic carbocycles. The number of allylic oxidation sites excluding steroid dienone is 1. The molecule has 0 amide bonds. The molecule has 2 rings (SSSR count). The fourth-order valence-electron chi connectivity index (χ4n) is 2.36. The Balaban J connectivity index is 2.11. The van der Waals surface area contributed by atoms with Crippen molar-refractivity contribution in [2.24, 2.45) is 17.6 Å². The van der Waals surface area contributed by atoms with Gasteiger partial charge in [-0.15, -0.1) is 0 Å². The van der Waals surface area contributed by atoms with Gasteiger partial charge in [0.1, 0.15) is 0 Å². The van der Waals surface area contributed by atoms with Gasteiger partial charge in [0.05, 0.1) is 0 Å². The number of hydrogen-bond donors (Lipinski definition) is 1. The lowest BCUT2D eigenvalue weighted by molar-refractivity contribution is 0.368. The van der Waals surface area contributed by atoms with Crippen molar-refractivity contribution >= 4 is 0 Å². The number of nitrogens with two attached hydrogens (primary N) is 1. The molecule has 1 aliphatic heterocycles. The second-order valence-corrected chi connectivity index (χ2v) is 3.89. The first-order valence-electron chi connectivity index (χ1n) is 4.38. The summed E-state index contributed by atoms with van der Waals surface area (Å²) in [5.74, 6) is 1.56. The van der Waals surface area contributed by atoms with E-state index in [9.17, 15) is 0 Å². The largest absolute Gasteiger partial charge is 0.324 e. The zero-order chi connectivity index (χ0) is 7.84. The van der Waals surface area contributed by atoms with Crippen LogP contribution in [0.2, 0.25) is 0 Å². The van der Waals surface area contributed by atoms with Crippen LogP contribution in [0.4, 0.5) is 0 Å². The Morgan fingerprint density at radius 1 is 1.45 bits per heavy atom. The van der Waals surface area contributed by atoms with Crippen molar-refractivity contribution in [1.29, 1.82) is 0 Å². The van der Waals surface area contributed by atoms with Gasteiger partial charge in [0, 0.05) is 19.1 Å². The molecule has 2 heteroatoms. The van der Waals surface area contributed by atoms with Gasteiger partial charge in [-0.1, -0.05) is 12.2 Å². The summed E-state index contributed by atoms with van der Waals surface area (Å²) in [6.45, 7) is 2.43. The summed E-state index contributed by atoms with van der Waals surface area (Å²) in [5, 5.41) is 0. The summed E-state index contributed by atoms with van der Waals surface area (Å²) in [5.41, 5.74) is 5.97. The zero-order valence-electron chi connectivity index (χ0n) is 7.03. The maximum atomic E-state index is 5.97. The highest BCUT2D eigenvalue weighted by molar-refractivity contribution is 5.06. The standard InChI is InChI=1S/C9H16N2/c1-11-5-7-3-2-4-9(10)8(7)6-11/h2,4,7-9H,3,5-6,10H2,1H3. The molecule has 1 fully saturated rings. The fraction of sp³-hybridized carbons (Fsp3) is 0.778. The van der Waals surface area contributed by atoms with Crippen molar-refractivity contribution in [3.63, 3.8) is 0 Å².